The number of benzene rings is 1. The molecule has 1 aromatic rings. The summed E-state index contributed by atoms with van der Waals surface area (Å²) in [5.74, 6) is -1.22. The molecule has 2 rings (SSSR count). The van der Waals surface area contributed by atoms with Gasteiger partial charge in [-0.25, -0.2) is 8.78 Å². The Hall–Kier alpha value is -1.20. The van der Waals surface area contributed by atoms with Crippen LogP contribution in [0.2, 0.25) is 0 Å². The van der Waals surface area contributed by atoms with Crippen LogP contribution in [0, 0.1) is 11.6 Å². The zero-order chi connectivity index (χ0) is 12.4. The van der Waals surface area contributed by atoms with Gasteiger partial charge in [0.15, 0.2) is 6.29 Å². The molecule has 1 aromatic carbocycles. The van der Waals surface area contributed by atoms with E-state index in [1.807, 2.05) is 6.92 Å². The first kappa shape index (κ1) is 12.3. The number of ether oxygens (including phenoxy) is 2. The normalized spacial score (nSPS) is 29.1. The molecule has 1 fully saturated rings. The van der Waals surface area contributed by atoms with Crippen LogP contribution in [-0.2, 0) is 9.47 Å². The number of hydrogen-bond acceptors (Lipinski definition) is 3. The van der Waals surface area contributed by atoms with Crippen LogP contribution in [0.3, 0.4) is 0 Å². The van der Waals surface area contributed by atoms with Gasteiger partial charge < -0.3 is 14.8 Å². The molecular formula is C12H15F2NO2. The average molecular weight is 243 g/mol. The van der Waals surface area contributed by atoms with Crippen molar-refractivity contribution in [2.45, 2.75) is 38.9 Å². The topological polar surface area (TPSA) is 30.5 Å². The Bertz CT molecular complexity index is 390. The number of nitrogens with one attached hydrogen (secondary N) is 1. The summed E-state index contributed by atoms with van der Waals surface area (Å²) in [5, 5.41) is 2.89. The Kier molecular flexibility index (Phi) is 3.59. The third kappa shape index (κ3) is 3.14. The fraction of sp³-hybridized carbons (Fsp3) is 0.500. The monoisotopic (exact) mass is 243 g/mol. The molecule has 1 saturated heterocycles. The number of halogens is 2. The van der Waals surface area contributed by atoms with Gasteiger partial charge in [-0.05, 0) is 26.0 Å². The summed E-state index contributed by atoms with van der Waals surface area (Å²) < 4.78 is 37.0. The molecule has 1 aliphatic rings. The predicted octanol–water partition coefficient (Wildman–Crippen LogP) is 2.87. The molecule has 3 atom stereocenters. The summed E-state index contributed by atoms with van der Waals surface area (Å²) in [6, 6.07) is 3.41. The van der Waals surface area contributed by atoms with Gasteiger partial charge in [0, 0.05) is 12.5 Å². The Morgan fingerprint density at radius 2 is 2.00 bits per heavy atom. The lowest BCUT2D eigenvalue weighted by atomic mass is 10.2. The van der Waals surface area contributed by atoms with Crippen LogP contribution in [0.1, 0.15) is 20.3 Å². The summed E-state index contributed by atoms with van der Waals surface area (Å²) in [5.41, 5.74) is 0.234. The Morgan fingerprint density at radius 1 is 1.24 bits per heavy atom. The maximum absolute atomic E-state index is 13.4. The third-order valence-corrected chi connectivity index (χ3v) is 2.57. The fourth-order valence-corrected chi connectivity index (χ4v) is 1.88. The molecule has 0 bridgehead atoms. The van der Waals surface area contributed by atoms with Crippen molar-refractivity contribution in [3.8, 4) is 0 Å². The fourth-order valence-electron chi connectivity index (χ4n) is 1.88. The molecule has 1 heterocycles. The highest BCUT2D eigenvalue weighted by molar-refractivity contribution is 5.45. The maximum atomic E-state index is 13.4. The van der Waals surface area contributed by atoms with Crippen molar-refractivity contribution >= 4 is 5.69 Å². The van der Waals surface area contributed by atoms with E-state index in [2.05, 4.69) is 5.32 Å². The van der Waals surface area contributed by atoms with Crippen LogP contribution in [0.5, 0.6) is 0 Å². The van der Waals surface area contributed by atoms with Crippen LogP contribution in [-0.4, -0.2) is 18.6 Å². The summed E-state index contributed by atoms with van der Waals surface area (Å²) in [6.45, 7) is 3.71. The lowest BCUT2D eigenvalue weighted by Crippen LogP contribution is -2.39. The summed E-state index contributed by atoms with van der Waals surface area (Å²) in [4.78, 5) is 0. The van der Waals surface area contributed by atoms with Gasteiger partial charge in [0.1, 0.15) is 17.9 Å². The van der Waals surface area contributed by atoms with E-state index < -0.39 is 11.6 Å². The van der Waals surface area contributed by atoms with Gasteiger partial charge in [-0.3, -0.25) is 0 Å². The molecule has 1 N–H and O–H groups in total. The van der Waals surface area contributed by atoms with Crippen molar-refractivity contribution < 1.29 is 18.3 Å². The average Bonchev–Trinajstić information content (AvgIpc) is 2.21. The minimum atomic E-state index is -0.625. The minimum absolute atomic E-state index is 0.0414. The molecule has 17 heavy (non-hydrogen) atoms. The predicted molar refractivity (Wildman–Crippen MR) is 59.5 cm³/mol. The second kappa shape index (κ2) is 4.98. The molecule has 3 unspecified atom stereocenters. The molecule has 1 aliphatic heterocycles. The molecule has 5 heteroatoms. The SMILES string of the molecule is CC1CC(Nc2ccc(F)cc2F)OC(C)O1. The van der Waals surface area contributed by atoms with Gasteiger partial charge in [-0.1, -0.05) is 0 Å². The van der Waals surface area contributed by atoms with Crippen LogP contribution in [0.4, 0.5) is 14.5 Å². The minimum Gasteiger partial charge on any atom is -0.358 e. The summed E-state index contributed by atoms with van der Waals surface area (Å²) in [7, 11) is 0. The van der Waals surface area contributed by atoms with Crippen LogP contribution in [0.15, 0.2) is 18.2 Å². The largest absolute Gasteiger partial charge is 0.358 e. The highest BCUT2D eigenvalue weighted by Crippen LogP contribution is 2.22. The van der Waals surface area contributed by atoms with E-state index in [4.69, 9.17) is 9.47 Å². The first-order valence-corrected chi connectivity index (χ1v) is 5.57. The van der Waals surface area contributed by atoms with Crippen molar-refractivity contribution in [3.05, 3.63) is 29.8 Å². The molecule has 0 radical (unpaired) electrons. The quantitative estimate of drug-likeness (QED) is 0.866. The molecule has 0 amide bonds. The van der Waals surface area contributed by atoms with Crippen molar-refractivity contribution in [1.82, 2.24) is 0 Å². The van der Waals surface area contributed by atoms with Gasteiger partial charge in [-0.2, -0.15) is 0 Å². The number of rotatable bonds is 2. The molecular weight excluding hydrogens is 228 g/mol. The van der Waals surface area contributed by atoms with E-state index in [1.165, 1.54) is 12.1 Å². The number of hydrogen-bond donors (Lipinski definition) is 1. The lowest BCUT2D eigenvalue weighted by Gasteiger charge is -2.33. The molecule has 0 aromatic heterocycles. The summed E-state index contributed by atoms with van der Waals surface area (Å²) in [6.07, 6.45) is -0.00512. The highest BCUT2D eigenvalue weighted by Gasteiger charge is 2.25. The van der Waals surface area contributed by atoms with Crippen molar-refractivity contribution in [1.29, 1.82) is 0 Å². The zero-order valence-corrected chi connectivity index (χ0v) is 9.74. The van der Waals surface area contributed by atoms with Gasteiger partial charge >= 0.3 is 0 Å². The molecule has 3 nitrogen and oxygen atoms in total. The van der Waals surface area contributed by atoms with Crippen molar-refractivity contribution in [2.24, 2.45) is 0 Å². The second-order valence-electron chi connectivity index (χ2n) is 4.14. The van der Waals surface area contributed by atoms with Gasteiger partial charge in [-0.15, -0.1) is 0 Å². The molecule has 94 valence electrons. The van der Waals surface area contributed by atoms with E-state index in [0.29, 0.717) is 6.42 Å². The van der Waals surface area contributed by atoms with Crippen molar-refractivity contribution in [3.63, 3.8) is 0 Å². The third-order valence-electron chi connectivity index (χ3n) is 2.57. The molecule has 0 aliphatic carbocycles. The van der Waals surface area contributed by atoms with E-state index in [0.717, 1.165) is 6.07 Å². The van der Waals surface area contributed by atoms with E-state index in [9.17, 15) is 8.78 Å². The van der Waals surface area contributed by atoms with Crippen LogP contribution in [0.25, 0.3) is 0 Å². The summed E-state index contributed by atoms with van der Waals surface area (Å²) >= 11 is 0. The first-order valence-electron chi connectivity index (χ1n) is 5.57. The Balaban J connectivity index is 2.04. The maximum Gasteiger partial charge on any atom is 0.157 e. The van der Waals surface area contributed by atoms with Crippen LogP contribution >= 0.6 is 0 Å². The first-order chi connectivity index (χ1) is 8.04. The van der Waals surface area contributed by atoms with Crippen LogP contribution < -0.4 is 5.32 Å². The van der Waals surface area contributed by atoms with Crippen molar-refractivity contribution in [2.75, 3.05) is 5.32 Å². The van der Waals surface area contributed by atoms with E-state index >= 15 is 0 Å². The second-order valence-corrected chi connectivity index (χ2v) is 4.14. The Labute approximate surface area is 98.7 Å². The smallest absolute Gasteiger partial charge is 0.157 e. The molecule has 0 spiro atoms. The van der Waals surface area contributed by atoms with Gasteiger partial charge in [0.25, 0.3) is 0 Å². The Morgan fingerprint density at radius 3 is 2.65 bits per heavy atom. The lowest BCUT2D eigenvalue weighted by molar-refractivity contribution is -0.222. The number of anilines is 1. The van der Waals surface area contributed by atoms with Gasteiger partial charge in [0.2, 0.25) is 0 Å². The van der Waals surface area contributed by atoms with Gasteiger partial charge in [0.05, 0.1) is 11.8 Å². The standard InChI is InChI=1S/C12H15F2NO2/c1-7-5-12(17-8(2)16-7)15-11-4-3-9(13)6-10(11)14/h3-4,6-8,12,15H,5H2,1-2H3. The van der Waals surface area contributed by atoms with E-state index in [-0.39, 0.29) is 24.3 Å². The zero-order valence-electron chi connectivity index (χ0n) is 9.74. The highest BCUT2D eigenvalue weighted by atomic mass is 19.1. The molecule has 0 saturated carbocycles. The van der Waals surface area contributed by atoms with E-state index in [1.54, 1.807) is 6.92 Å².